The molecule has 0 aliphatic carbocycles. The van der Waals surface area contributed by atoms with Crippen LogP contribution in [0.5, 0.6) is 0 Å². The number of methoxy groups -OCH3 is 1. The molecular weight excluding hydrogens is 248 g/mol. The summed E-state index contributed by atoms with van der Waals surface area (Å²) < 4.78 is 5.03. The van der Waals surface area contributed by atoms with Crippen molar-refractivity contribution in [1.29, 1.82) is 0 Å². The van der Waals surface area contributed by atoms with Crippen LogP contribution < -0.4 is 5.73 Å². The van der Waals surface area contributed by atoms with Crippen LogP contribution in [0.25, 0.3) is 0 Å². The number of nitrogens with two attached hydrogens (primary N) is 1. The van der Waals surface area contributed by atoms with Crippen LogP contribution in [0.3, 0.4) is 0 Å². The van der Waals surface area contributed by atoms with E-state index in [1.165, 1.54) is 0 Å². The fourth-order valence-electron chi connectivity index (χ4n) is 1.83. The second-order valence-electron chi connectivity index (χ2n) is 4.60. The van der Waals surface area contributed by atoms with Crippen LogP contribution in [0.4, 0.5) is 0 Å². The summed E-state index contributed by atoms with van der Waals surface area (Å²) in [6.07, 6.45) is 2.01. The molecule has 0 aliphatic rings. The minimum Gasteiger partial charge on any atom is -0.385 e. The van der Waals surface area contributed by atoms with Gasteiger partial charge >= 0.3 is 0 Å². The first-order valence-electron chi connectivity index (χ1n) is 6.32. The zero-order chi connectivity index (χ0) is 13.4. The quantitative estimate of drug-likeness (QED) is 0.738. The van der Waals surface area contributed by atoms with Crippen molar-refractivity contribution in [2.75, 3.05) is 33.9 Å². The summed E-state index contributed by atoms with van der Waals surface area (Å²) in [5.74, 6) is 0. The van der Waals surface area contributed by atoms with Crippen LogP contribution >= 0.6 is 11.6 Å². The van der Waals surface area contributed by atoms with Gasteiger partial charge in [0.1, 0.15) is 0 Å². The van der Waals surface area contributed by atoms with Gasteiger partial charge in [-0.15, -0.1) is 0 Å². The highest BCUT2D eigenvalue weighted by atomic mass is 35.5. The number of hydrogen-bond donors (Lipinski definition) is 1. The highest BCUT2D eigenvalue weighted by Gasteiger charge is 2.07. The Balaban J connectivity index is 2.27. The minimum absolute atomic E-state index is 0.0761. The molecule has 0 aromatic heterocycles. The lowest BCUT2D eigenvalue weighted by molar-refractivity contribution is 0.178. The van der Waals surface area contributed by atoms with Crippen molar-refractivity contribution < 1.29 is 4.74 Å². The van der Waals surface area contributed by atoms with Crippen molar-refractivity contribution in [2.45, 2.75) is 18.9 Å². The fraction of sp³-hybridized carbons (Fsp3) is 0.571. The number of benzene rings is 1. The molecule has 102 valence electrons. The summed E-state index contributed by atoms with van der Waals surface area (Å²) in [5.41, 5.74) is 7.30. The Kier molecular flexibility index (Phi) is 7.28. The highest BCUT2D eigenvalue weighted by molar-refractivity contribution is 6.30. The third kappa shape index (κ3) is 5.83. The Labute approximate surface area is 115 Å². The van der Waals surface area contributed by atoms with Gasteiger partial charge in [-0.2, -0.15) is 0 Å². The molecule has 0 saturated heterocycles. The van der Waals surface area contributed by atoms with Gasteiger partial charge in [0.15, 0.2) is 0 Å². The second kappa shape index (κ2) is 8.48. The zero-order valence-electron chi connectivity index (χ0n) is 11.2. The fourth-order valence-corrected chi connectivity index (χ4v) is 1.95. The van der Waals surface area contributed by atoms with Gasteiger partial charge in [0, 0.05) is 31.3 Å². The topological polar surface area (TPSA) is 38.5 Å². The lowest BCUT2D eigenvalue weighted by atomic mass is 10.0. The first-order valence-corrected chi connectivity index (χ1v) is 6.70. The predicted molar refractivity (Wildman–Crippen MR) is 77.0 cm³/mol. The molecule has 1 aromatic rings. The molecule has 1 unspecified atom stereocenters. The van der Waals surface area contributed by atoms with Crippen molar-refractivity contribution in [3.63, 3.8) is 0 Å². The van der Waals surface area contributed by atoms with Crippen molar-refractivity contribution in [2.24, 2.45) is 5.73 Å². The maximum atomic E-state index is 6.15. The molecule has 0 amide bonds. The van der Waals surface area contributed by atoms with E-state index in [1.807, 2.05) is 24.3 Å². The Hall–Kier alpha value is -0.610. The average Bonchev–Trinajstić information content (AvgIpc) is 2.37. The van der Waals surface area contributed by atoms with Crippen LogP contribution in [0.1, 0.15) is 24.4 Å². The molecule has 18 heavy (non-hydrogen) atoms. The molecule has 0 heterocycles. The summed E-state index contributed by atoms with van der Waals surface area (Å²) in [4.78, 5) is 2.29. The molecule has 1 rings (SSSR count). The molecule has 1 aromatic carbocycles. The number of halogens is 1. The van der Waals surface area contributed by atoms with E-state index in [1.54, 1.807) is 7.11 Å². The lowest BCUT2D eigenvalue weighted by Gasteiger charge is -2.19. The van der Waals surface area contributed by atoms with Crippen molar-refractivity contribution in [3.8, 4) is 0 Å². The van der Waals surface area contributed by atoms with E-state index in [2.05, 4.69) is 11.9 Å². The van der Waals surface area contributed by atoms with Gasteiger partial charge < -0.3 is 15.4 Å². The molecule has 0 aliphatic heterocycles. The Bertz CT molecular complexity index is 329. The summed E-state index contributed by atoms with van der Waals surface area (Å²) in [6.45, 7) is 2.85. The zero-order valence-corrected chi connectivity index (χ0v) is 12.0. The van der Waals surface area contributed by atoms with Gasteiger partial charge in [-0.05, 0) is 44.1 Å². The SMILES string of the molecule is COCCCN(C)CCC(N)c1ccc(Cl)cc1. The van der Waals surface area contributed by atoms with Crippen LogP contribution in [0.15, 0.2) is 24.3 Å². The van der Waals surface area contributed by atoms with E-state index < -0.39 is 0 Å². The molecule has 0 bridgehead atoms. The second-order valence-corrected chi connectivity index (χ2v) is 5.03. The van der Waals surface area contributed by atoms with E-state index in [9.17, 15) is 0 Å². The standard InChI is InChI=1S/C14H23ClN2O/c1-17(9-3-11-18-2)10-8-14(16)12-4-6-13(15)7-5-12/h4-7,14H,3,8-11,16H2,1-2H3. The summed E-state index contributed by atoms with van der Waals surface area (Å²) in [7, 11) is 3.85. The van der Waals surface area contributed by atoms with Crippen LogP contribution in [-0.4, -0.2) is 38.8 Å². The lowest BCUT2D eigenvalue weighted by Crippen LogP contribution is -2.25. The largest absolute Gasteiger partial charge is 0.385 e. The molecule has 4 heteroatoms. The molecule has 0 fully saturated rings. The molecule has 3 nitrogen and oxygen atoms in total. The van der Waals surface area contributed by atoms with E-state index in [4.69, 9.17) is 22.1 Å². The van der Waals surface area contributed by atoms with Crippen molar-refractivity contribution in [3.05, 3.63) is 34.9 Å². The average molecular weight is 271 g/mol. The summed E-state index contributed by atoms with van der Waals surface area (Å²) in [5, 5.41) is 0.752. The number of ether oxygens (including phenoxy) is 1. The Morgan fingerprint density at radius 1 is 1.28 bits per heavy atom. The summed E-state index contributed by atoms with van der Waals surface area (Å²) >= 11 is 5.85. The molecule has 2 N–H and O–H groups in total. The van der Waals surface area contributed by atoms with Crippen molar-refractivity contribution >= 4 is 11.6 Å². The molecule has 0 spiro atoms. The molecule has 0 saturated carbocycles. The third-order valence-corrected chi connectivity index (χ3v) is 3.26. The number of hydrogen-bond acceptors (Lipinski definition) is 3. The van der Waals surface area contributed by atoms with Crippen LogP contribution in [0.2, 0.25) is 5.02 Å². The van der Waals surface area contributed by atoms with Gasteiger partial charge in [-0.3, -0.25) is 0 Å². The minimum atomic E-state index is 0.0761. The normalized spacial score (nSPS) is 12.9. The maximum Gasteiger partial charge on any atom is 0.0474 e. The van der Waals surface area contributed by atoms with E-state index in [0.29, 0.717) is 0 Å². The van der Waals surface area contributed by atoms with Crippen LogP contribution in [0, 0.1) is 0 Å². The molecule has 1 atom stereocenters. The Morgan fingerprint density at radius 2 is 1.94 bits per heavy atom. The van der Waals surface area contributed by atoms with E-state index in [0.717, 1.165) is 43.1 Å². The predicted octanol–water partition coefficient (Wildman–Crippen LogP) is 2.70. The number of nitrogens with zero attached hydrogens (tertiary/aromatic N) is 1. The van der Waals surface area contributed by atoms with Gasteiger partial charge in [-0.25, -0.2) is 0 Å². The van der Waals surface area contributed by atoms with E-state index in [-0.39, 0.29) is 6.04 Å². The molecule has 0 radical (unpaired) electrons. The number of rotatable bonds is 8. The van der Waals surface area contributed by atoms with Gasteiger partial charge in [0.05, 0.1) is 0 Å². The molecular formula is C14H23ClN2O. The van der Waals surface area contributed by atoms with Gasteiger partial charge in [-0.1, -0.05) is 23.7 Å². The Morgan fingerprint density at radius 3 is 2.56 bits per heavy atom. The first-order chi connectivity index (χ1) is 8.63. The van der Waals surface area contributed by atoms with Gasteiger partial charge in [0.2, 0.25) is 0 Å². The first kappa shape index (κ1) is 15.4. The smallest absolute Gasteiger partial charge is 0.0474 e. The highest BCUT2D eigenvalue weighted by Crippen LogP contribution is 2.17. The summed E-state index contributed by atoms with van der Waals surface area (Å²) in [6, 6.07) is 7.85. The van der Waals surface area contributed by atoms with E-state index >= 15 is 0 Å². The maximum absolute atomic E-state index is 6.15. The third-order valence-electron chi connectivity index (χ3n) is 3.01. The monoisotopic (exact) mass is 270 g/mol. The van der Waals surface area contributed by atoms with Crippen molar-refractivity contribution in [1.82, 2.24) is 4.90 Å². The van der Waals surface area contributed by atoms with Crippen LogP contribution in [-0.2, 0) is 4.74 Å². The van der Waals surface area contributed by atoms with Gasteiger partial charge in [0.25, 0.3) is 0 Å².